The van der Waals surface area contributed by atoms with E-state index in [0.717, 1.165) is 11.3 Å². The minimum absolute atomic E-state index is 0.392. The molecular formula is C12H13N3O2. The maximum Gasteiger partial charge on any atom is 0.146 e. The van der Waals surface area contributed by atoms with E-state index in [0.29, 0.717) is 17.3 Å². The van der Waals surface area contributed by atoms with Gasteiger partial charge in [-0.25, -0.2) is 0 Å². The molecule has 0 saturated carbocycles. The summed E-state index contributed by atoms with van der Waals surface area (Å²) in [6.07, 6.45) is 0. The summed E-state index contributed by atoms with van der Waals surface area (Å²) in [5, 5.41) is 7.83. The van der Waals surface area contributed by atoms with Crippen LogP contribution in [0.3, 0.4) is 0 Å². The summed E-state index contributed by atoms with van der Waals surface area (Å²) in [5.41, 5.74) is 7.08. The maximum atomic E-state index is 5.49. The number of aromatic nitrogens is 2. The van der Waals surface area contributed by atoms with Gasteiger partial charge in [0.1, 0.15) is 17.3 Å². The van der Waals surface area contributed by atoms with Crippen LogP contribution in [0.5, 0.6) is 11.5 Å². The van der Waals surface area contributed by atoms with Gasteiger partial charge in [-0.05, 0) is 24.3 Å². The van der Waals surface area contributed by atoms with Crippen LogP contribution in [0.1, 0.15) is 0 Å². The minimum Gasteiger partial charge on any atom is -0.497 e. The molecule has 0 aliphatic rings. The van der Waals surface area contributed by atoms with E-state index in [4.69, 9.17) is 15.2 Å². The number of nitrogens with zero attached hydrogens (tertiary/aromatic N) is 2. The third-order valence-corrected chi connectivity index (χ3v) is 2.33. The van der Waals surface area contributed by atoms with Gasteiger partial charge in [-0.1, -0.05) is 0 Å². The molecule has 5 heteroatoms. The highest BCUT2D eigenvalue weighted by Gasteiger charge is 2.05. The fourth-order valence-corrected chi connectivity index (χ4v) is 1.45. The zero-order valence-corrected chi connectivity index (χ0v) is 9.68. The zero-order chi connectivity index (χ0) is 12.3. The molecule has 1 aromatic heterocycles. The quantitative estimate of drug-likeness (QED) is 0.871. The van der Waals surface area contributed by atoms with Gasteiger partial charge in [-0.15, -0.1) is 10.2 Å². The summed E-state index contributed by atoms with van der Waals surface area (Å²) >= 11 is 0. The second kappa shape index (κ2) is 4.69. The van der Waals surface area contributed by atoms with Gasteiger partial charge >= 0.3 is 0 Å². The molecule has 5 nitrogen and oxygen atoms in total. The van der Waals surface area contributed by atoms with E-state index in [1.54, 1.807) is 32.4 Å². The summed E-state index contributed by atoms with van der Waals surface area (Å²) in [7, 11) is 3.21. The Bertz CT molecular complexity index is 489. The summed E-state index contributed by atoms with van der Waals surface area (Å²) in [5.74, 6) is 1.81. The summed E-state index contributed by atoms with van der Waals surface area (Å²) < 4.78 is 10.4. The van der Waals surface area contributed by atoms with Crippen molar-refractivity contribution in [2.75, 3.05) is 20.0 Å². The fraction of sp³-hybridized carbons (Fsp3) is 0.167. The molecule has 0 aliphatic heterocycles. The van der Waals surface area contributed by atoms with Crippen LogP contribution in [0, 0.1) is 0 Å². The Labute approximate surface area is 99.2 Å². The van der Waals surface area contributed by atoms with Gasteiger partial charge in [0.15, 0.2) is 0 Å². The molecule has 1 heterocycles. The smallest absolute Gasteiger partial charge is 0.146 e. The summed E-state index contributed by atoms with van der Waals surface area (Å²) in [6.45, 7) is 0. The molecule has 2 N–H and O–H groups in total. The van der Waals surface area contributed by atoms with Crippen molar-refractivity contribution in [1.29, 1.82) is 0 Å². The highest BCUT2D eigenvalue weighted by Crippen LogP contribution is 2.28. The van der Waals surface area contributed by atoms with Crippen molar-refractivity contribution < 1.29 is 9.47 Å². The predicted molar refractivity (Wildman–Crippen MR) is 65.0 cm³/mol. The summed E-state index contributed by atoms with van der Waals surface area (Å²) in [4.78, 5) is 0. The monoisotopic (exact) mass is 231 g/mol. The highest BCUT2D eigenvalue weighted by atomic mass is 16.5. The molecule has 88 valence electrons. The Hall–Kier alpha value is -2.30. The molecule has 0 unspecified atom stereocenters. The van der Waals surface area contributed by atoms with Crippen LogP contribution in [0.15, 0.2) is 30.3 Å². The number of methoxy groups -OCH3 is 2. The molecular weight excluding hydrogens is 218 g/mol. The molecule has 0 fully saturated rings. The van der Waals surface area contributed by atoms with Gasteiger partial charge in [-0.2, -0.15) is 0 Å². The number of nitrogens with two attached hydrogens (primary N) is 1. The van der Waals surface area contributed by atoms with Crippen LogP contribution in [0.2, 0.25) is 0 Å². The number of benzene rings is 1. The van der Waals surface area contributed by atoms with E-state index < -0.39 is 0 Å². The third kappa shape index (κ3) is 2.44. The number of rotatable bonds is 3. The van der Waals surface area contributed by atoms with Crippen LogP contribution in [0.25, 0.3) is 11.3 Å². The van der Waals surface area contributed by atoms with Crippen molar-refractivity contribution in [3.63, 3.8) is 0 Å². The van der Waals surface area contributed by atoms with Crippen molar-refractivity contribution in [2.45, 2.75) is 0 Å². The van der Waals surface area contributed by atoms with Gasteiger partial charge in [0.25, 0.3) is 0 Å². The lowest BCUT2D eigenvalue weighted by atomic mass is 10.1. The first kappa shape index (κ1) is 11.2. The van der Waals surface area contributed by atoms with Crippen molar-refractivity contribution in [3.05, 3.63) is 30.3 Å². The highest BCUT2D eigenvalue weighted by molar-refractivity contribution is 5.64. The van der Waals surface area contributed by atoms with E-state index in [2.05, 4.69) is 10.2 Å². The first-order chi connectivity index (χ1) is 8.22. The maximum absolute atomic E-state index is 5.49. The Morgan fingerprint density at radius 3 is 2.06 bits per heavy atom. The van der Waals surface area contributed by atoms with E-state index in [-0.39, 0.29) is 0 Å². The van der Waals surface area contributed by atoms with Crippen LogP contribution in [-0.4, -0.2) is 24.4 Å². The van der Waals surface area contributed by atoms with Crippen molar-refractivity contribution in [1.82, 2.24) is 10.2 Å². The first-order valence-corrected chi connectivity index (χ1v) is 5.05. The second-order valence-corrected chi connectivity index (χ2v) is 3.44. The average Bonchev–Trinajstić information content (AvgIpc) is 2.39. The van der Waals surface area contributed by atoms with Crippen LogP contribution >= 0.6 is 0 Å². The molecule has 0 amide bonds. The SMILES string of the molecule is COc1cc(OC)cc(-c2ccc(N)nn2)c1. The molecule has 0 saturated heterocycles. The second-order valence-electron chi connectivity index (χ2n) is 3.44. The van der Waals surface area contributed by atoms with Gasteiger partial charge in [0.05, 0.1) is 19.9 Å². The molecule has 2 aromatic rings. The minimum atomic E-state index is 0.392. The van der Waals surface area contributed by atoms with Crippen molar-refractivity contribution >= 4 is 5.82 Å². The molecule has 0 spiro atoms. The van der Waals surface area contributed by atoms with Crippen LogP contribution in [0.4, 0.5) is 5.82 Å². The Kier molecular flexibility index (Phi) is 3.09. The Balaban J connectivity index is 2.46. The average molecular weight is 231 g/mol. The molecule has 0 radical (unpaired) electrons. The lowest BCUT2D eigenvalue weighted by molar-refractivity contribution is 0.394. The zero-order valence-electron chi connectivity index (χ0n) is 9.68. The van der Waals surface area contributed by atoms with E-state index in [1.165, 1.54) is 0 Å². The topological polar surface area (TPSA) is 70.3 Å². The molecule has 17 heavy (non-hydrogen) atoms. The molecule has 0 bridgehead atoms. The normalized spacial score (nSPS) is 10.0. The third-order valence-electron chi connectivity index (χ3n) is 2.33. The van der Waals surface area contributed by atoms with E-state index >= 15 is 0 Å². The molecule has 0 atom stereocenters. The number of anilines is 1. The number of nitrogen functional groups attached to an aromatic ring is 1. The number of hydrogen-bond acceptors (Lipinski definition) is 5. The van der Waals surface area contributed by atoms with Crippen LogP contribution in [-0.2, 0) is 0 Å². The van der Waals surface area contributed by atoms with Gasteiger partial charge in [0.2, 0.25) is 0 Å². The largest absolute Gasteiger partial charge is 0.497 e. The summed E-state index contributed by atoms with van der Waals surface area (Å²) in [6, 6.07) is 9.03. The van der Waals surface area contributed by atoms with Crippen molar-refractivity contribution in [2.24, 2.45) is 0 Å². The lowest BCUT2D eigenvalue weighted by Crippen LogP contribution is -1.95. The van der Waals surface area contributed by atoms with Crippen molar-refractivity contribution in [3.8, 4) is 22.8 Å². The van der Waals surface area contributed by atoms with Gasteiger partial charge in [0, 0.05) is 11.6 Å². The standard InChI is InChI=1S/C12H13N3O2/c1-16-9-5-8(6-10(7-9)17-2)11-3-4-12(13)15-14-11/h3-7H,1-2H3,(H2,13,15). The Morgan fingerprint density at radius 1 is 0.941 bits per heavy atom. The van der Waals surface area contributed by atoms with E-state index in [1.807, 2.05) is 12.1 Å². The van der Waals surface area contributed by atoms with Gasteiger partial charge < -0.3 is 15.2 Å². The molecule has 0 aliphatic carbocycles. The lowest BCUT2D eigenvalue weighted by Gasteiger charge is -2.07. The van der Waals surface area contributed by atoms with Crippen LogP contribution < -0.4 is 15.2 Å². The molecule has 2 rings (SSSR count). The fourth-order valence-electron chi connectivity index (χ4n) is 1.45. The first-order valence-electron chi connectivity index (χ1n) is 5.05. The Morgan fingerprint density at radius 2 is 1.59 bits per heavy atom. The number of hydrogen-bond donors (Lipinski definition) is 1. The van der Waals surface area contributed by atoms with Gasteiger partial charge in [-0.3, -0.25) is 0 Å². The number of ether oxygens (including phenoxy) is 2. The van der Waals surface area contributed by atoms with E-state index in [9.17, 15) is 0 Å². The predicted octanol–water partition coefficient (Wildman–Crippen LogP) is 1.74. The molecule has 1 aromatic carbocycles.